The van der Waals surface area contributed by atoms with Crippen LogP contribution in [0.15, 0.2) is 43.3 Å². The number of carbonyl (C=O) groups is 3. The van der Waals surface area contributed by atoms with Crippen LogP contribution in [0.4, 0.5) is 9.93 Å². The molecule has 0 aromatic carbocycles. The van der Waals surface area contributed by atoms with Gasteiger partial charge in [0.15, 0.2) is 16.1 Å². The van der Waals surface area contributed by atoms with Crippen LogP contribution < -0.4 is 11.1 Å². The Morgan fingerprint density at radius 2 is 2.29 bits per heavy atom. The number of nitrogens with zero attached hydrogens (tertiary/aromatic N) is 5. The quantitative estimate of drug-likeness (QED) is 0.127. The monoisotopic (exact) mass is 555 g/mol. The molecule has 1 saturated heterocycles. The molecule has 0 bridgehead atoms. The molecule has 17 heteroatoms. The van der Waals surface area contributed by atoms with Crippen molar-refractivity contribution in [3.63, 3.8) is 0 Å². The summed E-state index contributed by atoms with van der Waals surface area (Å²) in [6.07, 6.45) is 2.89. The Morgan fingerprint density at radius 1 is 1.43 bits per heavy atom. The first-order valence-corrected chi connectivity index (χ1v) is 13.5. The Balaban J connectivity index is 1.33. The summed E-state index contributed by atoms with van der Waals surface area (Å²) in [6.45, 7) is 0.0447. The van der Waals surface area contributed by atoms with Crippen LogP contribution in [0.1, 0.15) is 5.69 Å². The van der Waals surface area contributed by atoms with Crippen LogP contribution in [0.2, 0.25) is 0 Å². The number of carbonyl (C=O) groups excluding carboxylic acids is 2. The number of anilines is 1. The molecule has 4 N–H and O–H groups in total. The zero-order chi connectivity index (χ0) is 24.8. The number of oxime groups is 1. The van der Waals surface area contributed by atoms with Crippen LogP contribution in [0.3, 0.4) is 0 Å². The van der Waals surface area contributed by atoms with Gasteiger partial charge in [0.05, 0.1) is 16.6 Å². The van der Waals surface area contributed by atoms with Gasteiger partial charge in [0, 0.05) is 16.9 Å². The molecule has 0 spiro atoms. The van der Waals surface area contributed by atoms with E-state index in [1.807, 2.05) is 6.08 Å². The molecule has 35 heavy (non-hydrogen) atoms. The van der Waals surface area contributed by atoms with Crippen LogP contribution in [0.25, 0.3) is 0 Å². The lowest BCUT2D eigenvalue weighted by atomic mass is 9.96. The molecule has 0 radical (unpaired) electrons. The topological polar surface area (TPSA) is 182 Å². The number of aromatic nitrogens is 3. The number of hydrogen-bond donors (Lipinski definition) is 3. The van der Waals surface area contributed by atoms with Crippen LogP contribution in [-0.2, 0) is 25.8 Å². The van der Waals surface area contributed by atoms with E-state index in [4.69, 9.17) is 20.4 Å². The van der Waals surface area contributed by atoms with Crippen molar-refractivity contribution in [1.29, 1.82) is 0 Å². The third-order valence-electron chi connectivity index (χ3n) is 4.48. The van der Waals surface area contributed by atoms with Crippen molar-refractivity contribution >= 4 is 75.5 Å². The van der Waals surface area contributed by atoms with Crippen LogP contribution in [0, 0.1) is 0 Å². The molecule has 2 unspecified atom stereocenters. The Bertz CT molecular complexity index is 1180. The second-order valence-corrected chi connectivity index (χ2v) is 10.8. The second kappa shape index (κ2) is 11.5. The standard InChI is InChI=1S/C18H17N7O6S4/c19-16-22-9(6-34-16)5-30-21-4-12(26)23-13-10-7-33-11(2-1-3-32-17-24-20-8-35-17)15(31-18(28)29)25(10)14(13)27/h1-2,4,6,8,10,13H,3,5,7H2,(H2,19,22)(H,23,26)(H,28,29)/b2-1+,21-4?. The van der Waals surface area contributed by atoms with Gasteiger partial charge >= 0.3 is 6.16 Å². The van der Waals surface area contributed by atoms with E-state index in [0.717, 1.165) is 10.6 Å². The van der Waals surface area contributed by atoms with Gasteiger partial charge in [0.25, 0.3) is 11.8 Å². The van der Waals surface area contributed by atoms with Gasteiger partial charge in [0.2, 0.25) is 5.88 Å². The number of nitrogens with one attached hydrogen (secondary N) is 1. The Hall–Kier alpha value is -3.15. The molecule has 4 heterocycles. The molecule has 1 fully saturated rings. The van der Waals surface area contributed by atoms with E-state index in [0.29, 0.717) is 27.2 Å². The molecule has 184 valence electrons. The first-order valence-electron chi connectivity index (χ1n) is 9.74. The van der Waals surface area contributed by atoms with E-state index in [1.54, 1.807) is 17.0 Å². The zero-order valence-electron chi connectivity index (χ0n) is 17.6. The number of allylic oxidation sites excluding steroid dienone is 1. The van der Waals surface area contributed by atoms with Crippen molar-refractivity contribution in [1.82, 2.24) is 25.4 Å². The minimum Gasteiger partial charge on any atom is -0.449 e. The summed E-state index contributed by atoms with van der Waals surface area (Å²) in [6, 6.07) is -1.31. The second-order valence-electron chi connectivity index (χ2n) is 6.71. The highest BCUT2D eigenvalue weighted by molar-refractivity contribution is 8.03. The van der Waals surface area contributed by atoms with Crippen LogP contribution in [-0.4, -0.2) is 73.0 Å². The highest BCUT2D eigenvalue weighted by Gasteiger charge is 2.53. The molecule has 2 aromatic heterocycles. The number of thiazole rings is 1. The highest BCUT2D eigenvalue weighted by atomic mass is 32.2. The number of β-lactam (4-membered cyclic amide) rings is 1. The maximum Gasteiger partial charge on any atom is 0.512 e. The summed E-state index contributed by atoms with van der Waals surface area (Å²) in [5, 5.41) is 25.1. The Labute approximate surface area is 214 Å². The van der Waals surface area contributed by atoms with Crippen molar-refractivity contribution in [2.75, 3.05) is 17.2 Å². The van der Waals surface area contributed by atoms with Gasteiger partial charge in [-0.05, 0) is 6.08 Å². The van der Waals surface area contributed by atoms with E-state index >= 15 is 0 Å². The van der Waals surface area contributed by atoms with E-state index < -0.39 is 30.1 Å². The average molecular weight is 556 g/mol. The fraction of sp³-hybridized carbons (Fsp3) is 0.278. The van der Waals surface area contributed by atoms with Gasteiger partial charge in [-0.2, -0.15) is 0 Å². The zero-order valence-corrected chi connectivity index (χ0v) is 20.9. The molecular weight excluding hydrogens is 539 g/mol. The molecule has 2 atom stereocenters. The summed E-state index contributed by atoms with van der Waals surface area (Å²) in [4.78, 5) is 46.9. The summed E-state index contributed by atoms with van der Waals surface area (Å²) in [5.41, 5.74) is 7.74. The lowest BCUT2D eigenvalue weighted by molar-refractivity contribution is -0.151. The maximum absolute atomic E-state index is 12.7. The molecule has 0 saturated carbocycles. The predicted octanol–water partition coefficient (Wildman–Crippen LogP) is 1.73. The number of fused-ring (bicyclic) bond motifs is 1. The Kier molecular flexibility index (Phi) is 8.21. The summed E-state index contributed by atoms with van der Waals surface area (Å²) in [7, 11) is 0. The average Bonchev–Trinajstić information content (AvgIpc) is 3.49. The summed E-state index contributed by atoms with van der Waals surface area (Å²) >= 11 is 5.47. The van der Waals surface area contributed by atoms with Gasteiger partial charge < -0.3 is 25.7 Å². The van der Waals surface area contributed by atoms with Gasteiger partial charge in [-0.25, -0.2) is 9.78 Å². The van der Waals surface area contributed by atoms with Gasteiger partial charge in [-0.15, -0.1) is 33.3 Å². The van der Waals surface area contributed by atoms with Crippen LogP contribution >= 0.6 is 46.2 Å². The molecule has 0 aliphatic carbocycles. The van der Waals surface area contributed by atoms with Crippen molar-refractivity contribution in [3.8, 4) is 0 Å². The minimum absolute atomic E-state index is 0.0447. The first kappa shape index (κ1) is 25.0. The van der Waals surface area contributed by atoms with Gasteiger partial charge in [-0.1, -0.05) is 34.3 Å². The number of amides is 2. The van der Waals surface area contributed by atoms with Crippen molar-refractivity contribution in [2.45, 2.75) is 23.0 Å². The number of nitrogens with two attached hydrogens (primary N) is 1. The predicted molar refractivity (Wildman–Crippen MR) is 131 cm³/mol. The smallest absolute Gasteiger partial charge is 0.449 e. The number of thioether (sulfide) groups is 2. The third kappa shape index (κ3) is 6.30. The molecular formula is C18H17N7O6S4. The fourth-order valence-electron chi connectivity index (χ4n) is 3.05. The fourth-order valence-corrected chi connectivity index (χ4v) is 6.07. The molecule has 2 aliphatic heterocycles. The number of nitrogen functional groups attached to an aromatic ring is 1. The van der Waals surface area contributed by atoms with Gasteiger partial charge in [-0.3, -0.25) is 14.5 Å². The lowest BCUT2D eigenvalue weighted by Crippen LogP contribution is -2.72. The number of hydrogen-bond acceptors (Lipinski definition) is 14. The van der Waals surface area contributed by atoms with Gasteiger partial charge in [0.1, 0.15) is 17.8 Å². The maximum atomic E-state index is 12.7. The van der Waals surface area contributed by atoms with Crippen molar-refractivity contribution in [3.05, 3.63) is 39.5 Å². The highest BCUT2D eigenvalue weighted by Crippen LogP contribution is 2.40. The van der Waals surface area contributed by atoms with Crippen molar-refractivity contribution < 1.29 is 29.1 Å². The summed E-state index contributed by atoms with van der Waals surface area (Å²) in [5.74, 6) is -0.180. The molecule has 2 aromatic rings. The molecule has 2 amide bonds. The first-order chi connectivity index (χ1) is 16.9. The van der Waals surface area contributed by atoms with Crippen molar-refractivity contribution in [2.24, 2.45) is 5.16 Å². The normalized spacial score (nSPS) is 19.7. The van der Waals surface area contributed by atoms with Crippen LogP contribution in [0.5, 0.6) is 0 Å². The number of ether oxygens (including phenoxy) is 1. The largest absolute Gasteiger partial charge is 0.512 e. The molecule has 4 rings (SSSR count). The van der Waals surface area contributed by atoms with E-state index in [9.17, 15) is 14.4 Å². The molecule has 13 nitrogen and oxygen atoms in total. The van der Waals surface area contributed by atoms with E-state index in [-0.39, 0.29) is 12.5 Å². The van der Waals surface area contributed by atoms with E-state index in [2.05, 4.69) is 25.7 Å². The van der Waals surface area contributed by atoms with E-state index in [1.165, 1.54) is 51.1 Å². The lowest BCUT2D eigenvalue weighted by Gasteiger charge is -2.49. The third-order valence-corrected chi connectivity index (χ3v) is 8.15. The number of rotatable bonds is 10. The SMILES string of the molecule is Nc1nc(CON=CC(=O)NC2C(=O)N3C(OC(=O)O)=C(/C=C/CSc4nncs4)SCC23)cs1. The summed E-state index contributed by atoms with van der Waals surface area (Å²) < 4.78 is 5.72. The minimum atomic E-state index is -1.54. The Morgan fingerprint density at radius 3 is 3.00 bits per heavy atom. The number of carboxylic acid groups (broad SMARTS) is 1. The molecule has 2 aliphatic rings.